The highest BCUT2D eigenvalue weighted by Crippen LogP contribution is 2.35. The third kappa shape index (κ3) is 3.12. The number of ether oxygens (including phenoxy) is 1. The number of rotatable bonds is 3. The van der Waals surface area contributed by atoms with Gasteiger partial charge in [0.05, 0.1) is 12.8 Å². The minimum absolute atomic E-state index is 0.116. The molecule has 0 radical (unpaired) electrons. The molecule has 1 amide bonds. The van der Waals surface area contributed by atoms with Crippen LogP contribution in [0.3, 0.4) is 0 Å². The first-order valence-electron chi connectivity index (χ1n) is 4.45. The second-order valence-corrected chi connectivity index (χ2v) is 4.37. The van der Waals surface area contributed by atoms with Gasteiger partial charge in [0, 0.05) is 11.5 Å². The van der Waals surface area contributed by atoms with Crippen molar-refractivity contribution in [1.82, 2.24) is 9.69 Å². The Labute approximate surface area is 110 Å². The lowest BCUT2D eigenvalue weighted by Gasteiger charge is -2.02. The lowest BCUT2D eigenvalue weighted by Crippen LogP contribution is -2.25. The van der Waals surface area contributed by atoms with E-state index in [1.807, 2.05) is 0 Å². The van der Waals surface area contributed by atoms with Crippen LogP contribution in [-0.4, -0.2) is 10.5 Å². The van der Waals surface area contributed by atoms with Gasteiger partial charge < -0.3 is 14.5 Å². The topological polar surface area (TPSA) is 64.4 Å². The molecule has 17 heavy (non-hydrogen) atoms. The van der Waals surface area contributed by atoms with Crippen LogP contribution in [0.5, 0.6) is 5.06 Å². The van der Waals surface area contributed by atoms with Crippen molar-refractivity contribution < 1.29 is 13.9 Å². The maximum atomic E-state index is 11.4. The van der Waals surface area contributed by atoms with E-state index in [-0.39, 0.29) is 21.8 Å². The predicted molar refractivity (Wildman–Crippen MR) is 63.7 cm³/mol. The lowest BCUT2D eigenvalue weighted by atomic mass is 10.4. The Bertz CT molecular complexity index is 512. The second-order valence-electron chi connectivity index (χ2n) is 2.90. The average molecular weight is 293 g/mol. The molecule has 2 aromatic heterocycles. The normalized spacial score (nSPS) is 10.2. The van der Waals surface area contributed by atoms with Gasteiger partial charge in [0.2, 0.25) is 5.06 Å². The molecule has 0 saturated carbocycles. The van der Waals surface area contributed by atoms with E-state index >= 15 is 0 Å². The van der Waals surface area contributed by atoms with E-state index in [0.717, 1.165) is 11.5 Å². The highest BCUT2D eigenvalue weighted by Gasteiger charge is 2.14. The predicted octanol–water partition coefficient (Wildman–Crippen LogP) is 3.33. The summed E-state index contributed by atoms with van der Waals surface area (Å²) in [5.74, 6) is 0.621. The van der Waals surface area contributed by atoms with Gasteiger partial charge in [-0.05, 0) is 12.1 Å². The van der Waals surface area contributed by atoms with Gasteiger partial charge in [-0.1, -0.05) is 23.2 Å². The summed E-state index contributed by atoms with van der Waals surface area (Å²) in [7, 11) is 0. The summed E-state index contributed by atoms with van der Waals surface area (Å²) in [6.45, 7) is 0.232. The van der Waals surface area contributed by atoms with E-state index < -0.39 is 6.09 Å². The Morgan fingerprint density at radius 1 is 1.59 bits per heavy atom. The molecule has 2 rings (SSSR count). The van der Waals surface area contributed by atoms with Gasteiger partial charge >= 0.3 is 6.09 Å². The number of hydrogen-bond acceptors (Lipinski definition) is 5. The van der Waals surface area contributed by atoms with Gasteiger partial charge in [0.1, 0.15) is 10.8 Å². The van der Waals surface area contributed by atoms with Crippen molar-refractivity contribution in [3.63, 3.8) is 0 Å². The molecule has 0 atom stereocenters. The molecule has 0 bridgehead atoms. The maximum Gasteiger partial charge on any atom is 0.413 e. The van der Waals surface area contributed by atoms with E-state index in [1.165, 1.54) is 6.26 Å². The third-order valence-corrected chi connectivity index (χ3v) is 3.40. The van der Waals surface area contributed by atoms with Crippen molar-refractivity contribution in [2.45, 2.75) is 6.54 Å². The Morgan fingerprint density at radius 3 is 3.00 bits per heavy atom. The summed E-state index contributed by atoms with van der Waals surface area (Å²) in [5, 5.41) is 2.90. The molecule has 0 aliphatic rings. The first-order chi connectivity index (χ1) is 8.16. The van der Waals surface area contributed by atoms with Crippen LogP contribution in [0.2, 0.25) is 10.2 Å². The molecular formula is C9H6Cl2N2O3S. The smallest absolute Gasteiger partial charge is 0.413 e. The summed E-state index contributed by atoms with van der Waals surface area (Å²) >= 11 is 12.3. The summed E-state index contributed by atoms with van der Waals surface area (Å²) in [6, 6.07) is 3.46. The Balaban J connectivity index is 1.87. The molecule has 90 valence electrons. The molecular weight excluding hydrogens is 287 g/mol. The standard InChI is InChI=1S/C9H6Cl2N2O3S/c10-6-7(11)13-17-8(6)16-9(14)12-4-5-2-1-3-15-5/h1-3H,4H2,(H,12,14). The zero-order valence-electron chi connectivity index (χ0n) is 8.28. The molecule has 0 unspecified atom stereocenters. The quantitative estimate of drug-likeness (QED) is 0.942. The highest BCUT2D eigenvalue weighted by atomic mass is 35.5. The molecule has 0 aromatic carbocycles. The number of furan rings is 1. The Hall–Kier alpha value is -1.24. The number of aromatic nitrogens is 1. The first kappa shape index (κ1) is 12.2. The number of halogens is 2. The summed E-state index contributed by atoms with van der Waals surface area (Å²) in [6.07, 6.45) is 0.867. The molecule has 0 spiro atoms. The van der Waals surface area contributed by atoms with Gasteiger partial charge in [-0.2, -0.15) is 4.37 Å². The Kier molecular flexibility index (Phi) is 3.88. The molecule has 2 aromatic rings. The maximum absolute atomic E-state index is 11.4. The van der Waals surface area contributed by atoms with E-state index in [0.29, 0.717) is 5.76 Å². The van der Waals surface area contributed by atoms with E-state index in [4.69, 9.17) is 32.4 Å². The number of carbonyl (C=O) groups excluding carboxylic acids is 1. The van der Waals surface area contributed by atoms with Crippen molar-refractivity contribution >= 4 is 40.8 Å². The van der Waals surface area contributed by atoms with Crippen molar-refractivity contribution in [2.24, 2.45) is 0 Å². The molecule has 0 aliphatic heterocycles. The van der Waals surface area contributed by atoms with Crippen LogP contribution in [0.15, 0.2) is 22.8 Å². The van der Waals surface area contributed by atoms with Crippen molar-refractivity contribution in [3.8, 4) is 5.06 Å². The van der Waals surface area contributed by atoms with E-state index in [1.54, 1.807) is 12.1 Å². The average Bonchev–Trinajstić information content (AvgIpc) is 2.92. The van der Waals surface area contributed by atoms with E-state index in [9.17, 15) is 4.79 Å². The van der Waals surface area contributed by atoms with Crippen LogP contribution in [0, 0.1) is 0 Å². The summed E-state index contributed by atoms with van der Waals surface area (Å²) in [4.78, 5) is 11.4. The van der Waals surface area contributed by atoms with Crippen LogP contribution in [0.1, 0.15) is 5.76 Å². The van der Waals surface area contributed by atoms with Crippen molar-refractivity contribution in [2.75, 3.05) is 0 Å². The summed E-state index contributed by atoms with van der Waals surface area (Å²) < 4.78 is 13.7. The van der Waals surface area contributed by atoms with Crippen LogP contribution >= 0.6 is 34.7 Å². The van der Waals surface area contributed by atoms with Crippen LogP contribution in [0.25, 0.3) is 0 Å². The fourth-order valence-corrected chi connectivity index (χ4v) is 2.03. The SMILES string of the molecule is O=C(NCc1ccco1)Oc1snc(Cl)c1Cl. The fraction of sp³-hybridized carbons (Fsp3) is 0.111. The third-order valence-electron chi connectivity index (χ3n) is 1.74. The number of hydrogen-bond donors (Lipinski definition) is 1. The van der Waals surface area contributed by atoms with Gasteiger partial charge in [-0.25, -0.2) is 4.79 Å². The summed E-state index contributed by atoms with van der Waals surface area (Å²) in [5.41, 5.74) is 0. The van der Waals surface area contributed by atoms with Crippen molar-refractivity contribution in [1.29, 1.82) is 0 Å². The molecule has 2 heterocycles. The van der Waals surface area contributed by atoms with Gasteiger partial charge in [0.25, 0.3) is 0 Å². The zero-order chi connectivity index (χ0) is 12.3. The number of carbonyl (C=O) groups is 1. The first-order valence-corrected chi connectivity index (χ1v) is 5.98. The zero-order valence-corrected chi connectivity index (χ0v) is 10.6. The van der Waals surface area contributed by atoms with Crippen LogP contribution in [-0.2, 0) is 6.54 Å². The lowest BCUT2D eigenvalue weighted by molar-refractivity contribution is 0.200. The molecule has 5 nitrogen and oxygen atoms in total. The van der Waals surface area contributed by atoms with Gasteiger partial charge in [0.15, 0.2) is 5.15 Å². The van der Waals surface area contributed by atoms with E-state index in [2.05, 4.69) is 9.69 Å². The monoisotopic (exact) mass is 292 g/mol. The molecule has 0 aliphatic carbocycles. The van der Waals surface area contributed by atoms with Crippen LogP contribution < -0.4 is 10.1 Å². The molecule has 8 heteroatoms. The number of nitrogens with zero attached hydrogens (tertiary/aromatic N) is 1. The second kappa shape index (κ2) is 5.39. The van der Waals surface area contributed by atoms with Crippen LogP contribution in [0.4, 0.5) is 4.79 Å². The Morgan fingerprint density at radius 2 is 2.41 bits per heavy atom. The minimum Gasteiger partial charge on any atom is -0.467 e. The number of amides is 1. The minimum atomic E-state index is -0.649. The molecule has 1 N–H and O–H groups in total. The number of nitrogens with one attached hydrogen (secondary N) is 1. The molecule has 0 saturated heterocycles. The fourth-order valence-electron chi connectivity index (χ4n) is 1.00. The largest absolute Gasteiger partial charge is 0.467 e. The highest BCUT2D eigenvalue weighted by molar-refractivity contribution is 7.09. The van der Waals surface area contributed by atoms with Gasteiger partial charge in [-0.3, -0.25) is 0 Å². The van der Waals surface area contributed by atoms with Gasteiger partial charge in [-0.15, -0.1) is 0 Å². The van der Waals surface area contributed by atoms with Crippen molar-refractivity contribution in [3.05, 3.63) is 34.3 Å². The molecule has 0 fully saturated rings.